The maximum Gasteiger partial charge on any atom is 0.437 e. The molecule has 2 heterocycles. The normalized spacial score (nSPS) is 12.1. The minimum Gasteiger partial charge on any atom is -0.387 e. The molecule has 130 valence electrons. The van der Waals surface area contributed by atoms with Gasteiger partial charge in [-0.25, -0.2) is 9.18 Å². The molecule has 0 bridgehead atoms. The van der Waals surface area contributed by atoms with Crippen LogP contribution in [0.5, 0.6) is 0 Å². The minimum absolute atomic E-state index is 0.196. The number of halogens is 1. The summed E-state index contributed by atoms with van der Waals surface area (Å²) < 4.78 is 19.1. The zero-order valence-corrected chi connectivity index (χ0v) is 14.5. The molecule has 0 N–H and O–H groups in total. The van der Waals surface area contributed by atoms with Crippen LogP contribution >= 0.6 is 11.3 Å². The largest absolute Gasteiger partial charge is 0.437 e. The van der Waals surface area contributed by atoms with Crippen LogP contribution in [-0.2, 0) is 11.3 Å². The predicted octanol–water partition coefficient (Wildman–Crippen LogP) is 2.92. The monoisotopic (exact) mass is 361 g/mol. The zero-order chi connectivity index (χ0) is 18.0. The molecule has 0 aliphatic rings. The summed E-state index contributed by atoms with van der Waals surface area (Å²) >= 11 is 1.39. The van der Waals surface area contributed by atoms with Gasteiger partial charge in [0.2, 0.25) is 5.91 Å². The highest BCUT2D eigenvalue weighted by Crippen LogP contribution is 2.22. The molecule has 0 saturated carbocycles. The number of rotatable bonds is 5. The standard InChI is InChI=1S/C17H16FN3O3S/c1-11(12-5-7-13(18)8-6-12)20(2)15(22)10-21-17(23)24-16(19-21)14-4-3-9-25-14/h3-9,11H,10H2,1-2H3. The van der Waals surface area contributed by atoms with Gasteiger partial charge in [0.25, 0.3) is 5.89 Å². The van der Waals surface area contributed by atoms with Crippen molar-refractivity contribution in [1.29, 1.82) is 0 Å². The zero-order valence-electron chi connectivity index (χ0n) is 13.7. The number of benzene rings is 1. The third-order valence-electron chi connectivity index (χ3n) is 3.95. The Kier molecular flexibility index (Phi) is 4.80. The van der Waals surface area contributed by atoms with E-state index in [0.717, 1.165) is 15.1 Å². The molecule has 1 unspecified atom stereocenters. The van der Waals surface area contributed by atoms with Crippen molar-refractivity contribution in [2.45, 2.75) is 19.5 Å². The van der Waals surface area contributed by atoms with E-state index in [0.29, 0.717) is 0 Å². The Balaban J connectivity index is 1.73. The number of carbonyl (C=O) groups excluding carboxylic acids is 1. The van der Waals surface area contributed by atoms with Crippen molar-refractivity contribution >= 4 is 17.2 Å². The summed E-state index contributed by atoms with van der Waals surface area (Å²) in [5.41, 5.74) is 0.795. The highest BCUT2D eigenvalue weighted by Gasteiger charge is 2.20. The molecule has 2 aromatic heterocycles. The van der Waals surface area contributed by atoms with E-state index in [4.69, 9.17) is 4.42 Å². The van der Waals surface area contributed by atoms with E-state index in [-0.39, 0.29) is 30.2 Å². The van der Waals surface area contributed by atoms with Crippen LogP contribution in [0.2, 0.25) is 0 Å². The van der Waals surface area contributed by atoms with Gasteiger partial charge >= 0.3 is 5.76 Å². The minimum atomic E-state index is -0.681. The molecule has 3 rings (SSSR count). The first-order valence-electron chi connectivity index (χ1n) is 7.58. The fourth-order valence-electron chi connectivity index (χ4n) is 2.33. The lowest BCUT2D eigenvalue weighted by atomic mass is 10.1. The molecule has 25 heavy (non-hydrogen) atoms. The van der Waals surface area contributed by atoms with Crippen molar-refractivity contribution in [2.75, 3.05) is 7.05 Å². The van der Waals surface area contributed by atoms with E-state index in [1.54, 1.807) is 25.2 Å². The van der Waals surface area contributed by atoms with Crippen LogP contribution < -0.4 is 5.76 Å². The van der Waals surface area contributed by atoms with Crippen molar-refractivity contribution in [3.8, 4) is 10.8 Å². The maximum absolute atomic E-state index is 13.0. The van der Waals surface area contributed by atoms with E-state index >= 15 is 0 Å². The van der Waals surface area contributed by atoms with Crippen LogP contribution in [0.4, 0.5) is 4.39 Å². The Morgan fingerprint density at radius 2 is 2.08 bits per heavy atom. The van der Waals surface area contributed by atoms with Crippen LogP contribution in [0.3, 0.4) is 0 Å². The number of hydrogen-bond donors (Lipinski definition) is 0. The molecule has 0 radical (unpaired) electrons. The third-order valence-corrected chi connectivity index (χ3v) is 4.81. The van der Waals surface area contributed by atoms with Gasteiger partial charge in [-0.15, -0.1) is 16.4 Å². The summed E-state index contributed by atoms with van der Waals surface area (Å²) in [5.74, 6) is -1.12. The molecule has 8 heteroatoms. The Labute approximate surface area is 147 Å². The van der Waals surface area contributed by atoms with Gasteiger partial charge in [-0.1, -0.05) is 18.2 Å². The van der Waals surface area contributed by atoms with Crippen LogP contribution in [0.15, 0.2) is 51.0 Å². The average Bonchev–Trinajstić information content (AvgIpc) is 3.24. The summed E-state index contributed by atoms with van der Waals surface area (Å²) in [6.07, 6.45) is 0. The van der Waals surface area contributed by atoms with E-state index in [1.807, 2.05) is 18.4 Å². The van der Waals surface area contributed by atoms with Gasteiger partial charge < -0.3 is 9.32 Å². The molecule has 1 atom stereocenters. The van der Waals surface area contributed by atoms with E-state index in [2.05, 4.69) is 5.10 Å². The second kappa shape index (κ2) is 7.02. The van der Waals surface area contributed by atoms with E-state index < -0.39 is 5.76 Å². The molecule has 6 nitrogen and oxygen atoms in total. The predicted molar refractivity (Wildman–Crippen MR) is 91.7 cm³/mol. The number of aromatic nitrogens is 2. The number of carbonyl (C=O) groups is 1. The number of thiophene rings is 1. The van der Waals surface area contributed by atoms with Crippen molar-refractivity contribution < 1.29 is 13.6 Å². The summed E-state index contributed by atoms with van der Waals surface area (Å²) in [4.78, 5) is 26.6. The van der Waals surface area contributed by atoms with Crippen molar-refractivity contribution in [1.82, 2.24) is 14.7 Å². The van der Waals surface area contributed by atoms with Crippen LogP contribution in [-0.4, -0.2) is 27.6 Å². The quantitative estimate of drug-likeness (QED) is 0.701. The topological polar surface area (TPSA) is 68.3 Å². The molecule has 0 aliphatic carbocycles. The fraction of sp³-hybridized carbons (Fsp3) is 0.235. The molecule has 0 spiro atoms. The van der Waals surface area contributed by atoms with Crippen LogP contribution in [0.1, 0.15) is 18.5 Å². The van der Waals surface area contributed by atoms with Gasteiger partial charge in [-0.2, -0.15) is 4.68 Å². The Bertz CT molecular complexity index is 916. The fourth-order valence-corrected chi connectivity index (χ4v) is 2.97. The van der Waals surface area contributed by atoms with Gasteiger partial charge in [0.1, 0.15) is 12.4 Å². The SMILES string of the molecule is CC(c1ccc(F)cc1)N(C)C(=O)Cn1nc(-c2cccs2)oc1=O. The number of nitrogens with zero attached hydrogens (tertiary/aromatic N) is 3. The Morgan fingerprint density at radius 1 is 1.36 bits per heavy atom. The lowest BCUT2D eigenvalue weighted by molar-refractivity contribution is -0.132. The third kappa shape index (κ3) is 3.69. The van der Waals surface area contributed by atoms with Crippen molar-refractivity contribution in [3.63, 3.8) is 0 Å². The molecule has 1 aromatic carbocycles. The smallest absolute Gasteiger partial charge is 0.387 e. The van der Waals surface area contributed by atoms with Gasteiger partial charge in [-0.05, 0) is 36.1 Å². The van der Waals surface area contributed by atoms with Crippen LogP contribution in [0.25, 0.3) is 10.8 Å². The van der Waals surface area contributed by atoms with E-state index in [9.17, 15) is 14.0 Å². The van der Waals surface area contributed by atoms with Crippen molar-refractivity contribution in [3.05, 3.63) is 63.7 Å². The van der Waals surface area contributed by atoms with Gasteiger partial charge in [0.05, 0.1) is 10.9 Å². The lowest BCUT2D eigenvalue weighted by Gasteiger charge is -2.25. The molecule has 3 aromatic rings. The number of amides is 1. The highest BCUT2D eigenvalue weighted by molar-refractivity contribution is 7.13. The summed E-state index contributed by atoms with van der Waals surface area (Å²) in [6, 6.07) is 9.28. The first-order chi connectivity index (χ1) is 12.0. The Hall–Kier alpha value is -2.74. The molecule has 1 amide bonds. The van der Waals surface area contributed by atoms with Crippen molar-refractivity contribution in [2.24, 2.45) is 0 Å². The summed E-state index contributed by atoms with van der Waals surface area (Å²) in [7, 11) is 1.63. The second-order valence-corrected chi connectivity index (χ2v) is 6.49. The molecule has 0 saturated heterocycles. The van der Waals surface area contributed by atoms with Crippen LogP contribution in [0, 0.1) is 5.82 Å². The molecular formula is C17H16FN3O3S. The second-order valence-electron chi connectivity index (χ2n) is 5.54. The first-order valence-corrected chi connectivity index (χ1v) is 8.46. The molecule has 0 aliphatic heterocycles. The van der Waals surface area contributed by atoms with Gasteiger partial charge in [0.15, 0.2) is 0 Å². The molecular weight excluding hydrogens is 345 g/mol. The highest BCUT2D eigenvalue weighted by atomic mass is 32.1. The van der Waals surface area contributed by atoms with Gasteiger partial charge in [-0.3, -0.25) is 4.79 Å². The van der Waals surface area contributed by atoms with E-state index in [1.165, 1.54) is 28.4 Å². The average molecular weight is 361 g/mol. The Morgan fingerprint density at radius 3 is 2.72 bits per heavy atom. The molecule has 0 fully saturated rings. The number of likely N-dealkylation sites (N-methyl/N-ethyl adjacent to an activating group) is 1. The van der Waals surface area contributed by atoms with Gasteiger partial charge in [0, 0.05) is 7.05 Å². The summed E-state index contributed by atoms with van der Waals surface area (Å²) in [6.45, 7) is 1.60. The maximum atomic E-state index is 13.0. The first kappa shape index (κ1) is 17.1. The lowest BCUT2D eigenvalue weighted by Crippen LogP contribution is -2.35. The number of hydrogen-bond acceptors (Lipinski definition) is 5. The summed E-state index contributed by atoms with van der Waals surface area (Å²) in [5, 5.41) is 5.91.